The van der Waals surface area contributed by atoms with Gasteiger partial charge in [0.2, 0.25) is 10.0 Å². The fourth-order valence-corrected chi connectivity index (χ4v) is 3.74. The minimum Gasteiger partial charge on any atom is -0.435 e. The largest absolute Gasteiger partial charge is 0.435 e. The predicted octanol–water partition coefficient (Wildman–Crippen LogP) is 1.69. The predicted molar refractivity (Wildman–Crippen MR) is 76.5 cm³/mol. The molecule has 0 radical (unpaired) electrons. The summed E-state index contributed by atoms with van der Waals surface area (Å²) >= 11 is 0. The van der Waals surface area contributed by atoms with E-state index in [1.165, 1.54) is 28.6 Å². The molecule has 21 heavy (non-hydrogen) atoms. The highest BCUT2D eigenvalue weighted by molar-refractivity contribution is 7.89. The zero-order valence-electron chi connectivity index (χ0n) is 11.3. The Morgan fingerprint density at radius 3 is 2.48 bits per heavy atom. The van der Waals surface area contributed by atoms with Gasteiger partial charge in [0, 0.05) is 25.7 Å². The number of nitrogens with one attached hydrogen (secondary N) is 1. The molecular weight excluding hydrogens is 326 g/mol. The Labute approximate surface area is 128 Å². The van der Waals surface area contributed by atoms with Crippen LogP contribution in [-0.4, -0.2) is 45.0 Å². The molecule has 1 heterocycles. The van der Waals surface area contributed by atoms with Crippen molar-refractivity contribution in [1.82, 2.24) is 9.62 Å². The molecule has 2 rings (SSSR count). The molecule has 0 spiro atoms. The Morgan fingerprint density at radius 1 is 1.33 bits per heavy atom. The number of hydrogen-bond donors (Lipinski definition) is 1. The van der Waals surface area contributed by atoms with Gasteiger partial charge in [-0.15, -0.1) is 12.4 Å². The number of rotatable bonds is 4. The number of halogens is 3. The van der Waals surface area contributed by atoms with Crippen LogP contribution in [0.2, 0.25) is 0 Å². The quantitative estimate of drug-likeness (QED) is 0.904. The molecule has 1 aromatic carbocycles. The summed E-state index contributed by atoms with van der Waals surface area (Å²) < 4.78 is 54.6. The lowest BCUT2D eigenvalue weighted by molar-refractivity contribution is -0.0498. The first-order valence-corrected chi connectivity index (χ1v) is 7.62. The molecule has 0 bridgehead atoms. The van der Waals surface area contributed by atoms with E-state index in [1.807, 2.05) is 6.92 Å². The second-order valence-electron chi connectivity index (χ2n) is 4.52. The third kappa shape index (κ3) is 4.26. The Kier molecular flexibility index (Phi) is 6.33. The van der Waals surface area contributed by atoms with E-state index in [2.05, 4.69) is 10.1 Å². The number of hydrogen-bond acceptors (Lipinski definition) is 4. The van der Waals surface area contributed by atoms with Crippen LogP contribution in [0.4, 0.5) is 8.78 Å². The van der Waals surface area contributed by atoms with E-state index in [4.69, 9.17) is 0 Å². The topological polar surface area (TPSA) is 58.6 Å². The van der Waals surface area contributed by atoms with Crippen LogP contribution in [0.15, 0.2) is 29.2 Å². The summed E-state index contributed by atoms with van der Waals surface area (Å²) in [5.41, 5.74) is 0. The van der Waals surface area contributed by atoms with Crippen molar-refractivity contribution in [3.8, 4) is 5.75 Å². The summed E-state index contributed by atoms with van der Waals surface area (Å²) in [5.74, 6) is -0.0627. The molecule has 1 aliphatic heterocycles. The number of ether oxygens (including phenoxy) is 1. The molecule has 1 aliphatic rings. The number of sulfonamides is 1. The van der Waals surface area contributed by atoms with Gasteiger partial charge in [-0.2, -0.15) is 13.1 Å². The van der Waals surface area contributed by atoms with E-state index in [0.717, 1.165) is 0 Å². The molecule has 0 saturated carbocycles. The highest BCUT2D eigenvalue weighted by Crippen LogP contribution is 2.22. The van der Waals surface area contributed by atoms with Gasteiger partial charge in [-0.1, -0.05) is 0 Å². The third-order valence-corrected chi connectivity index (χ3v) is 5.12. The van der Waals surface area contributed by atoms with E-state index < -0.39 is 16.6 Å². The second kappa shape index (κ2) is 7.35. The SMILES string of the molecule is CC1CNCCN1S(=O)(=O)c1ccc(OC(F)F)cc1.Cl. The van der Waals surface area contributed by atoms with Gasteiger partial charge in [0.25, 0.3) is 0 Å². The normalized spacial score (nSPS) is 20.1. The van der Waals surface area contributed by atoms with Crippen LogP contribution in [0, 0.1) is 0 Å². The molecule has 5 nitrogen and oxygen atoms in total. The van der Waals surface area contributed by atoms with Gasteiger partial charge in [-0.25, -0.2) is 8.42 Å². The average Bonchev–Trinajstić information content (AvgIpc) is 2.39. The molecule has 1 saturated heterocycles. The molecule has 1 fully saturated rings. The molecule has 1 unspecified atom stereocenters. The maximum absolute atomic E-state index is 12.4. The molecule has 0 amide bonds. The maximum atomic E-state index is 12.4. The number of benzene rings is 1. The van der Waals surface area contributed by atoms with E-state index in [-0.39, 0.29) is 29.1 Å². The number of piperazine rings is 1. The van der Waals surface area contributed by atoms with Crippen molar-refractivity contribution in [2.45, 2.75) is 24.5 Å². The minimum absolute atomic E-state index is 0. The van der Waals surface area contributed by atoms with Gasteiger partial charge in [0.05, 0.1) is 4.90 Å². The fraction of sp³-hybridized carbons (Fsp3) is 0.500. The number of nitrogens with zero attached hydrogens (tertiary/aromatic N) is 1. The van der Waals surface area contributed by atoms with Crippen molar-refractivity contribution in [3.63, 3.8) is 0 Å². The highest BCUT2D eigenvalue weighted by atomic mass is 35.5. The summed E-state index contributed by atoms with van der Waals surface area (Å²) in [6, 6.07) is 4.87. The first kappa shape index (κ1) is 18.1. The lowest BCUT2D eigenvalue weighted by atomic mass is 10.3. The van der Waals surface area contributed by atoms with Crippen LogP contribution in [0.5, 0.6) is 5.75 Å². The van der Waals surface area contributed by atoms with Crippen LogP contribution >= 0.6 is 12.4 Å². The van der Waals surface area contributed by atoms with Crippen LogP contribution in [-0.2, 0) is 10.0 Å². The van der Waals surface area contributed by atoms with Crippen molar-refractivity contribution in [1.29, 1.82) is 0 Å². The van der Waals surface area contributed by atoms with Crippen molar-refractivity contribution < 1.29 is 21.9 Å². The van der Waals surface area contributed by atoms with Gasteiger partial charge in [0.1, 0.15) is 5.75 Å². The van der Waals surface area contributed by atoms with E-state index in [0.29, 0.717) is 19.6 Å². The molecule has 1 aromatic rings. The zero-order chi connectivity index (χ0) is 14.8. The average molecular weight is 343 g/mol. The Balaban J connectivity index is 0.00000220. The molecule has 9 heteroatoms. The zero-order valence-corrected chi connectivity index (χ0v) is 13.0. The van der Waals surface area contributed by atoms with Crippen molar-refractivity contribution in [2.75, 3.05) is 19.6 Å². The lowest BCUT2D eigenvalue weighted by Crippen LogP contribution is -2.52. The van der Waals surface area contributed by atoms with Gasteiger partial charge in [0.15, 0.2) is 0 Å². The van der Waals surface area contributed by atoms with E-state index >= 15 is 0 Å². The second-order valence-corrected chi connectivity index (χ2v) is 6.41. The van der Waals surface area contributed by atoms with Gasteiger partial charge in [-0.05, 0) is 31.2 Å². The summed E-state index contributed by atoms with van der Waals surface area (Å²) in [4.78, 5) is 0.0767. The molecule has 0 aromatic heterocycles. The summed E-state index contributed by atoms with van der Waals surface area (Å²) in [5, 5.41) is 3.11. The first-order chi connectivity index (χ1) is 9.41. The smallest absolute Gasteiger partial charge is 0.387 e. The Bertz CT molecular complexity index is 554. The summed E-state index contributed by atoms with van der Waals surface area (Å²) in [7, 11) is -3.61. The number of alkyl halides is 2. The van der Waals surface area contributed by atoms with Crippen LogP contribution in [0.1, 0.15) is 6.92 Å². The van der Waals surface area contributed by atoms with Crippen LogP contribution in [0.25, 0.3) is 0 Å². The summed E-state index contributed by atoms with van der Waals surface area (Å²) in [6.45, 7) is 0.462. The molecule has 1 atom stereocenters. The van der Waals surface area contributed by atoms with E-state index in [9.17, 15) is 17.2 Å². The van der Waals surface area contributed by atoms with Crippen molar-refractivity contribution in [3.05, 3.63) is 24.3 Å². The third-order valence-electron chi connectivity index (χ3n) is 3.10. The monoisotopic (exact) mass is 342 g/mol. The summed E-state index contributed by atoms with van der Waals surface area (Å²) in [6.07, 6.45) is 0. The van der Waals surface area contributed by atoms with Gasteiger partial charge >= 0.3 is 6.61 Å². The minimum atomic E-state index is -3.61. The Hall–Kier alpha value is -0.960. The van der Waals surface area contributed by atoms with Gasteiger partial charge < -0.3 is 10.1 Å². The molecule has 1 N–H and O–H groups in total. The molecular formula is C12H17ClF2N2O3S. The fourth-order valence-electron chi connectivity index (χ4n) is 2.11. The first-order valence-electron chi connectivity index (χ1n) is 6.18. The Morgan fingerprint density at radius 2 is 1.95 bits per heavy atom. The lowest BCUT2D eigenvalue weighted by Gasteiger charge is -2.32. The van der Waals surface area contributed by atoms with Crippen molar-refractivity contribution >= 4 is 22.4 Å². The standard InChI is InChI=1S/C12H16F2N2O3S.ClH/c1-9-8-15-6-7-16(9)20(17,18)11-4-2-10(3-5-11)19-12(13)14;/h2-5,9,12,15H,6-8H2,1H3;1H. The van der Waals surface area contributed by atoms with Gasteiger partial charge in [-0.3, -0.25) is 0 Å². The van der Waals surface area contributed by atoms with Crippen LogP contribution in [0.3, 0.4) is 0 Å². The van der Waals surface area contributed by atoms with E-state index in [1.54, 1.807) is 0 Å². The molecule has 0 aliphatic carbocycles. The molecule has 120 valence electrons. The highest BCUT2D eigenvalue weighted by Gasteiger charge is 2.30. The maximum Gasteiger partial charge on any atom is 0.387 e. The van der Waals surface area contributed by atoms with Crippen LogP contribution < -0.4 is 10.1 Å². The van der Waals surface area contributed by atoms with Crippen molar-refractivity contribution in [2.24, 2.45) is 0 Å².